The number of nitrogens with zero attached hydrogens (tertiary/aromatic N) is 2. The zero-order valence-corrected chi connectivity index (χ0v) is 11.0. The summed E-state index contributed by atoms with van der Waals surface area (Å²) in [6.07, 6.45) is 4.51. The molecule has 1 aromatic carbocycles. The second-order valence-electron chi connectivity index (χ2n) is 4.32. The molecule has 0 aliphatic carbocycles. The van der Waals surface area contributed by atoms with Crippen LogP contribution in [0.15, 0.2) is 42.7 Å². The van der Waals surface area contributed by atoms with Gasteiger partial charge in [0.15, 0.2) is 0 Å². The Morgan fingerprint density at radius 1 is 1.32 bits per heavy atom. The van der Waals surface area contributed by atoms with E-state index in [2.05, 4.69) is 15.7 Å². The first-order valence-electron chi connectivity index (χ1n) is 6.33. The van der Waals surface area contributed by atoms with Crippen molar-refractivity contribution >= 4 is 11.7 Å². The molecule has 5 heteroatoms. The van der Waals surface area contributed by atoms with Crippen molar-refractivity contribution in [1.82, 2.24) is 15.1 Å². The summed E-state index contributed by atoms with van der Waals surface area (Å²) >= 11 is 0. The number of carbonyl (C=O) groups excluding carboxylic acids is 1. The first-order chi connectivity index (χ1) is 9.25. The fourth-order valence-corrected chi connectivity index (χ4v) is 1.76. The van der Waals surface area contributed by atoms with Gasteiger partial charge in [0.2, 0.25) is 0 Å². The Balaban J connectivity index is 1.69. The first-order valence-corrected chi connectivity index (χ1v) is 6.33. The van der Waals surface area contributed by atoms with E-state index in [1.165, 1.54) is 0 Å². The number of anilines is 1. The van der Waals surface area contributed by atoms with Crippen LogP contribution in [0.1, 0.15) is 12.0 Å². The number of rotatable bonds is 5. The molecule has 0 bridgehead atoms. The molecular formula is C14H18N4O. The minimum Gasteiger partial charge on any atom is -0.338 e. The SMILES string of the molecule is Cc1ccccc1NC(=O)NCCCn1cccn1. The number of urea groups is 1. The van der Waals surface area contributed by atoms with Crippen LogP contribution < -0.4 is 10.6 Å². The van der Waals surface area contributed by atoms with Crippen molar-refractivity contribution in [2.24, 2.45) is 0 Å². The van der Waals surface area contributed by atoms with Gasteiger partial charge in [-0.15, -0.1) is 0 Å². The summed E-state index contributed by atoms with van der Waals surface area (Å²) in [6, 6.07) is 9.42. The lowest BCUT2D eigenvalue weighted by atomic mass is 10.2. The number of aryl methyl sites for hydroxylation is 2. The Labute approximate surface area is 112 Å². The Kier molecular flexibility index (Phi) is 4.55. The summed E-state index contributed by atoms with van der Waals surface area (Å²) in [7, 11) is 0. The maximum Gasteiger partial charge on any atom is 0.319 e. The maximum atomic E-state index is 11.7. The number of benzene rings is 1. The molecule has 1 heterocycles. The molecule has 2 amide bonds. The molecule has 2 rings (SSSR count). The number of aromatic nitrogens is 2. The largest absolute Gasteiger partial charge is 0.338 e. The third-order valence-corrected chi connectivity index (χ3v) is 2.80. The third kappa shape index (κ3) is 4.13. The number of carbonyl (C=O) groups is 1. The van der Waals surface area contributed by atoms with Crippen molar-refractivity contribution in [2.75, 3.05) is 11.9 Å². The van der Waals surface area contributed by atoms with Gasteiger partial charge in [-0.2, -0.15) is 5.10 Å². The van der Waals surface area contributed by atoms with E-state index in [1.54, 1.807) is 6.20 Å². The molecule has 0 spiro atoms. The third-order valence-electron chi connectivity index (χ3n) is 2.80. The first kappa shape index (κ1) is 13.1. The van der Waals surface area contributed by atoms with Crippen LogP contribution in [0.2, 0.25) is 0 Å². The van der Waals surface area contributed by atoms with Gasteiger partial charge < -0.3 is 10.6 Å². The van der Waals surface area contributed by atoms with Crippen LogP contribution in [0.25, 0.3) is 0 Å². The van der Waals surface area contributed by atoms with Crippen molar-refractivity contribution in [1.29, 1.82) is 0 Å². The summed E-state index contributed by atoms with van der Waals surface area (Å²) in [4.78, 5) is 11.7. The zero-order valence-electron chi connectivity index (χ0n) is 11.0. The average Bonchev–Trinajstić information content (AvgIpc) is 2.91. The molecule has 1 aromatic heterocycles. The van der Waals surface area contributed by atoms with E-state index in [9.17, 15) is 4.79 Å². The summed E-state index contributed by atoms with van der Waals surface area (Å²) in [5.41, 5.74) is 1.89. The Morgan fingerprint density at radius 2 is 2.16 bits per heavy atom. The van der Waals surface area contributed by atoms with Gasteiger partial charge >= 0.3 is 6.03 Å². The van der Waals surface area contributed by atoms with E-state index in [0.29, 0.717) is 6.54 Å². The monoisotopic (exact) mass is 258 g/mol. The lowest BCUT2D eigenvalue weighted by Gasteiger charge is -2.09. The highest BCUT2D eigenvalue weighted by atomic mass is 16.2. The van der Waals surface area contributed by atoms with Crippen molar-refractivity contribution in [3.63, 3.8) is 0 Å². The van der Waals surface area contributed by atoms with E-state index >= 15 is 0 Å². The number of para-hydroxylation sites is 1. The van der Waals surface area contributed by atoms with E-state index in [0.717, 1.165) is 24.2 Å². The number of nitrogens with one attached hydrogen (secondary N) is 2. The van der Waals surface area contributed by atoms with Crippen LogP contribution in [-0.2, 0) is 6.54 Å². The van der Waals surface area contributed by atoms with Gasteiger partial charge in [-0.05, 0) is 31.0 Å². The number of hydrogen-bond donors (Lipinski definition) is 2. The Bertz CT molecular complexity index is 522. The van der Waals surface area contributed by atoms with E-state index in [-0.39, 0.29) is 6.03 Å². The lowest BCUT2D eigenvalue weighted by Crippen LogP contribution is -2.30. The molecule has 0 aliphatic heterocycles. The topological polar surface area (TPSA) is 59.0 Å². The van der Waals surface area contributed by atoms with Crippen LogP contribution in [0, 0.1) is 6.92 Å². The molecule has 100 valence electrons. The van der Waals surface area contributed by atoms with E-state index < -0.39 is 0 Å². The molecule has 2 aromatic rings. The van der Waals surface area contributed by atoms with Gasteiger partial charge in [0.25, 0.3) is 0 Å². The maximum absolute atomic E-state index is 11.7. The zero-order chi connectivity index (χ0) is 13.5. The van der Waals surface area contributed by atoms with Crippen LogP contribution in [-0.4, -0.2) is 22.4 Å². The van der Waals surface area contributed by atoms with Crippen LogP contribution in [0.4, 0.5) is 10.5 Å². The molecule has 2 N–H and O–H groups in total. The molecule has 0 radical (unpaired) electrons. The van der Waals surface area contributed by atoms with Crippen LogP contribution in [0.5, 0.6) is 0 Å². The van der Waals surface area contributed by atoms with E-state index in [1.807, 2.05) is 48.1 Å². The summed E-state index contributed by atoms with van der Waals surface area (Å²) < 4.78 is 1.85. The summed E-state index contributed by atoms with van der Waals surface area (Å²) in [6.45, 7) is 3.39. The standard InChI is InChI=1S/C14H18N4O/c1-12-6-2-3-7-13(12)17-14(19)15-8-4-10-18-11-5-9-16-18/h2-3,5-7,9,11H,4,8,10H2,1H3,(H2,15,17,19). The average molecular weight is 258 g/mol. The molecule has 0 atom stereocenters. The van der Waals surface area contributed by atoms with Crippen molar-refractivity contribution in [2.45, 2.75) is 19.9 Å². The molecule has 0 aliphatic rings. The smallest absolute Gasteiger partial charge is 0.319 e. The highest BCUT2D eigenvalue weighted by Gasteiger charge is 2.02. The van der Waals surface area contributed by atoms with Crippen molar-refractivity contribution in [3.8, 4) is 0 Å². The predicted molar refractivity (Wildman–Crippen MR) is 75.0 cm³/mol. The highest BCUT2D eigenvalue weighted by Crippen LogP contribution is 2.12. The second kappa shape index (κ2) is 6.58. The van der Waals surface area contributed by atoms with Gasteiger partial charge in [-0.3, -0.25) is 4.68 Å². The Morgan fingerprint density at radius 3 is 2.89 bits per heavy atom. The van der Waals surface area contributed by atoms with Crippen LogP contribution >= 0.6 is 0 Å². The summed E-state index contributed by atoms with van der Waals surface area (Å²) in [5, 5.41) is 9.76. The minimum absolute atomic E-state index is 0.172. The fourth-order valence-electron chi connectivity index (χ4n) is 1.76. The quantitative estimate of drug-likeness (QED) is 0.809. The van der Waals surface area contributed by atoms with Gasteiger partial charge in [-0.25, -0.2) is 4.79 Å². The van der Waals surface area contributed by atoms with E-state index in [4.69, 9.17) is 0 Å². The predicted octanol–water partition coefficient (Wildman–Crippen LogP) is 2.40. The van der Waals surface area contributed by atoms with Crippen molar-refractivity contribution in [3.05, 3.63) is 48.3 Å². The van der Waals surface area contributed by atoms with Crippen molar-refractivity contribution < 1.29 is 4.79 Å². The molecule has 0 unspecified atom stereocenters. The molecule has 0 saturated carbocycles. The molecular weight excluding hydrogens is 240 g/mol. The van der Waals surface area contributed by atoms with Gasteiger partial charge in [-0.1, -0.05) is 18.2 Å². The van der Waals surface area contributed by atoms with Gasteiger partial charge in [0.1, 0.15) is 0 Å². The highest BCUT2D eigenvalue weighted by molar-refractivity contribution is 5.89. The number of amides is 2. The second-order valence-corrected chi connectivity index (χ2v) is 4.32. The normalized spacial score (nSPS) is 10.2. The van der Waals surface area contributed by atoms with Crippen LogP contribution in [0.3, 0.4) is 0 Å². The number of hydrogen-bond acceptors (Lipinski definition) is 2. The molecule has 5 nitrogen and oxygen atoms in total. The minimum atomic E-state index is -0.172. The van der Waals surface area contributed by atoms with Gasteiger partial charge in [0.05, 0.1) is 0 Å². The molecule has 0 saturated heterocycles. The molecule has 19 heavy (non-hydrogen) atoms. The summed E-state index contributed by atoms with van der Waals surface area (Å²) in [5.74, 6) is 0. The van der Waals surface area contributed by atoms with Gasteiger partial charge in [0, 0.05) is 31.2 Å². The fraction of sp³-hybridized carbons (Fsp3) is 0.286. The molecule has 0 fully saturated rings. The lowest BCUT2D eigenvalue weighted by molar-refractivity contribution is 0.251. The Hall–Kier alpha value is -2.30.